The van der Waals surface area contributed by atoms with E-state index in [1.165, 1.54) is 0 Å². The second-order valence-electron chi connectivity index (χ2n) is 14.0. The smallest absolute Gasteiger partial charge is 0.276 e. The lowest BCUT2D eigenvalue weighted by Crippen LogP contribution is -2.21. The molecule has 0 spiro atoms. The van der Waals surface area contributed by atoms with Crippen LogP contribution in [0.3, 0.4) is 0 Å². The Bertz CT molecular complexity index is 2730. The first kappa shape index (κ1) is 35.9. The fraction of sp³-hybridized carbons (Fsp3) is 0.250. The van der Waals surface area contributed by atoms with Gasteiger partial charge in [-0.25, -0.2) is 9.97 Å². The molecule has 2 bridgehead atoms. The topological polar surface area (TPSA) is 216 Å². The summed E-state index contributed by atoms with van der Waals surface area (Å²) in [7, 11) is 0. The molecule has 0 aliphatic carbocycles. The van der Waals surface area contributed by atoms with Crippen LogP contribution in [0.4, 0.5) is 11.9 Å². The molecule has 284 valence electrons. The van der Waals surface area contributed by atoms with Crippen LogP contribution in [0.5, 0.6) is 0 Å². The van der Waals surface area contributed by atoms with E-state index in [4.69, 9.17) is 26.5 Å². The summed E-state index contributed by atoms with van der Waals surface area (Å²) in [6.07, 6.45) is 1.67. The van der Waals surface area contributed by atoms with Crippen LogP contribution in [0.1, 0.15) is 89.5 Å². The Labute approximate surface area is 320 Å². The van der Waals surface area contributed by atoms with Crippen molar-refractivity contribution in [1.82, 2.24) is 38.7 Å². The molecule has 4 amide bonds. The van der Waals surface area contributed by atoms with Gasteiger partial charge in [0.1, 0.15) is 11.4 Å². The Balaban J connectivity index is 1.24. The number of carbonyl (C=O) groups is 4. The van der Waals surface area contributed by atoms with Crippen molar-refractivity contribution in [2.24, 2.45) is 11.5 Å². The Morgan fingerprint density at radius 2 is 1.34 bits per heavy atom. The van der Waals surface area contributed by atoms with E-state index in [0.717, 1.165) is 22.4 Å². The quantitative estimate of drug-likeness (QED) is 0.200. The van der Waals surface area contributed by atoms with Gasteiger partial charge in [-0.3, -0.25) is 39.2 Å². The van der Waals surface area contributed by atoms with E-state index in [1.54, 1.807) is 51.8 Å². The summed E-state index contributed by atoms with van der Waals surface area (Å²) in [6, 6.07) is 19.7. The maximum Gasteiger partial charge on any atom is 0.276 e. The number of nitrogens with two attached hydrogens (primary N) is 2. The largest absolute Gasteiger partial charge is 0.366 e. The van der Waals surface area contributed by atoms with Crippen LogP contribution in [0.15, 0.2) is 66.7 Å². The molecular formula is C40H40N12O4. The molecule has 3 aromatic carbocycles. The number of hydrogen-bond acceptors (Lipinski definition) is 8. The van der Waals surface area contributed by atoms with Crippen molar-refractivity contribution in [3.05, 3.63) is 117 Å². The van der Waals surface area contributed by atoms with E-state index in [1.807, 2.05) is 54.2 Å². The molecule has 5 heterocycles. The summed E-state index contributed by atoms with van der Waals surface area (Å²) in [5.41, 5.74) is 19.1. The Kier molecular flexibility index (Phi) is 9.16. The Morgan fingerprint density at radius 3 is 1.93 bits per heavy atom. The first-order chi connectivity index (χ1) is 27.0. The maximum absolute atomic E-state index is 14.3. The summed E-state index contributed by atoms with van der Waals surface area (Å²) in [6.45, 7) is 7.36. The number of benzene rings is 3. The van der Waals surface area contributed by atoms with Crippen LogP contribution >= 0.6 is 0 Å². The lowest BCUT2D eigenvalue weighted by atomic mass is 10.0. The number of aryl methyl sites for hydroxylation is 5. The summed E-state index contributed by atoms with van der Waals surface area (Å²) in [5, 5.41) is 15.5. The van der Waals surface area contributed by atoms with Crippen molar-refractivity contribution in [3.63, 3.8) is 0 Å². The minimum absolute atomic E-state index is 0.300. The van der Waals surface area contributed by atoms with Gasteiger partial charge in [-0.2, -0.15) is 10.2 Å². The highest BCUT2D eigenvalue weighted by Gasteiger charge is 2.25. The molecule has 0 saturated carbocycles. The van der Waals surface area contributed by atoms with E-state index >= 15 is 0 Å². The third-order valence-electron chi connectivity index (χ3n) is 10.1. The molecule has 16 heteroatoms. The molecule has 4 aromatic heterocycles. The van der Waals surface area contributed by atoms with Gasteiger partial charge < -0.3 is 20.6 Å². The van der Waals surface area contributed by atoms with Crippen molar-refractivity contribution in [2.75, 3.05) is 10.6 Å². The number of amides is 4. The standard InChI is InChI=1S/C40H40N12O4/c1-4-51-34-28(23(3)48-51)18-24-8-7-9-25(17-24)21-52-33(16-22(2)47-52)37(55)45-39-43-29-19-26(35(41)53)10-12-31(29)49(39)14-5-6-15-50-32-13-11-27(36(42)54)20-30(32)44-40(50)46-38(34)56/h7-13,16-17,19-20H,4-6,14-15,18,21H2,1-3H3,(H2,41,53)(H2,42,54)(H,43,45,55)(H,44,46,56). The molecule has 0 radical (unpaired) electrons. The predicted octanol–water partition coefficient (Wildman–Crippen LogP) is 4.55. The summed E-state index contributed by atoms with van der Waals surface area (Å²) in [5.74, 6) is -1.29. The van der Waals surface area contributed by atoms with Crippen molar-refractivity contribution >= 4 is 57.6 Å². The number of hydrogen-bond donors (Lipinski definition) is 4. The number of aromatic nitrogens is 8. The molecule has 6 N–H and O–H groups in total. The molecule has 8 rings (SSSR count). The fourth-order valence-corrected chi connectivity index (χ4v) is 7.45. The molecule has 0 unspecified atom stereocenters. The molecule has 1 aliphatic heterocycles. The number of nitrogens with zero attached hydrogens (tertiary/aromatic N) is 8. The molecule has 16 nitrogen and oxygen atoms in total. The van der Waals surface area contributed by atoms with E-state index in [-0.39, 0.29) is 11.8 Å². The minimum Gasteiger partial charge on any atom is -0.366 e. The van der Waals surface area contributed by atoms with Crippen molar-refractivity contribution in [2.45, 2.75) is 66.2 Å². The van der Waals surface area contributed by atoms with E-state index in [2.05, 4.69) is 15.7 Å². The van der Waals surface area contributed by atoms with Gasteiger partial charge in [0.05, 0.1) is 40.0 Å². The fourth-order valence-electron chi connectivity index (χ4n) is 7.45. The average Bonchev–Trinajstić information content (AvgIpc) is 3.90. The van der Waals surface area contributed by atoms with Gasteiger partial charge >= 0.3 is 0 Å². The van der Waals surface area contributed by atoms with Crippen LogP contribution < -0.4 is 22.1 Å². The van der Waals surface area contributed by atoms with Gasteiger partial charge in [-0.05, 0) is 87.2 Å². The molecular weight excluding hydrogens is 713 g/mol. The third-order valence-corrected chi connectivity index (χ3v) is 10.1. The lowest BCUT2D eigenvalue weighted by molar-refractivity contribution is 0.0992. The molecule has 0 fully saturated rings. The van der Waals surface area contributed by atoms with Crippen LogP contribution in [0.2, 0.25) is 0 Å². The van der Waals surface area contributed by atoms with Gasteiger partial charge in [0.15, 0.2) is 0 Å². The summed E-state index contributed by atoms with van der Waals surface area (Å²) in [4.78, 5) is 62.0. The van der Waals surface area contributed by atoms with E-state index < -0.39 is 11.8 Å². The molecule has 7 aromatic rings. The number of carbonyl (C=O) groups excluding carboxylic acids is 4. The number of imidazole rings is 2. The second kappa shape index (κ2) is 14.3. The van der Waals surface area contributed by atoms with Crippen molar-refractivity contribution < 1.29 is 19.2 Å². The molecule has 56 heavy (non-hydrogen) atoms. The number of rotatable bonds is 3. The summed E-state index contributed by atoms with van der Waals surface area (Å²) < 4.78 is 7.19. The van der Waals surface area contributed by atoms with Gasteiger partial charge in [0.25, 0.3) is 11.8 Å². The van der Waals surface area contributed by atoms with Gasteiger partial charge in [0.2, 0.25) is 23.7 Å². The van der Waals surface area contributed by atoms with Gasteiger partial charge in [-0.1, -0.05) is 24.3 Å². The number of primary amides is 2. The van der Waals surface area contributed by atoms with Crippen LogP contribution in [0.25, 0.3) is 22.1 Å². The minimum atomic E-state index is -0.584. The highest BCUT2D eigenvalue weighted by atomic mass is 16.2. The maximum atomic E-state index is 14.3. The number of fused-ring (bicyclic) bond motifs is 10. The number of nitrogens with one attached hydrogen (secondary N) is 2. The van der Waals surface area contributed by atoms with E-state index in [9.17, 15) is 19.2 Å². The average molecular weight is 753 g/mol. The van der Waals surface area contributed by atoms with Crippen molar-refractivity contribution in [1.29, 1.82) is 0 Å². The van der Waals surface area contributed by atoms with Crippen LogP contribution in [0, 0.1) is 13.8 Å². The van der Waals surface area contributed by atoms with Crippen molar-refractivity contribution in [3.8, 4) is 0 Å². The van der Waals surface area contributed by atoms with Gasteiger partial charge in [-0.15, -0.1) is 0 Å². The Morgan fingerprint density at radius 1 is 0.750 bits per heavy atom. The summed E-state index contributed by atoms with van der Waals surface area (Å²) >= 11 is 0. The highest BCUT2D eigenvalue weighted by molar-refractivity contribution is 6.05. The Hall–Kier alpha value is -7.10. The first-order valence-corrected chi connectivity index (χ1v) is 18.4. The molecule has 1 aliphatic rings. The van der Waals surface area contributed by atoms with Crippen LogP contribution in [-0.2, 0) is 32.6 Å². The molecule has 0 saturated heterocycles. The van der Waals surface area contributed by atoms with Gasteiger partial charge in [0, 0.05) is 42.7 Å². The normalized spacial score (nSPS) is 13.9. The zero-order valence-electron chi connectivity index (χ0n) is 31.2. The zero-order chi connectivity index (χ0) is 39.2. The monoisotopic (exact) mass is 752 g/mol. The highest BCUT2D eigenvalue weighted by Crippen LogP contribution is 2.27. The molecule has 0 atom stereocenters. The second-order valence-corrected chi connectivity index (χ2v) is 14.0. The SMILES string of the molecule is CCn1nc(C)c2c1C(=O)Nc1nc3cc(C(N)=O)ccc3n1CCCCn1c(nc3cc(C(N)=O)ccc31)NC(=O)c1cc(C)nn1Cc1cccc(c1)C2. The van der Waals surface area contributed by atoms with Crippen LogP contribution in [-0.4, -0.2) is 62.3 Å². The number of anilines is 2. The zero-order valence-corrected chi connectivity index (χ0v) is 31.2. The predicted molar refractivity (Wildman–Crippen MR) is 210 cm³/mol. The van der Waals surface area contributed by atoms with E-state index in [0.29, 0.717) is 108 Å². The third kappa shape index (κ3) is 6.65. The lowest BCUT2D eigenvalue weighted by Gasteiger charge is -2.13. The first-order valence-electron chi connectivity index (χ1n) is 18.4.